The summed E-state index contributed by atoms with van der Waals surface area (Å²) >= 11 is 0. The molecular weight excluding hydrogens is 450 g/mol. The van der Waals surface area contributed by atoms with Crippen molar-refractivity contribution in [2.45, 2.75) is 58.9 Å². The SMILES string of the molecule is CCCN(C(=O)C1CCCN(C(=O)c2cc(C)cc(C)c2)C1)C1CCN(C(=O)c2ccccc2)CC1. The Bertz CT molecular complexity index is 1060. The first-order chi connectivity index (χ1) is 17.4. The molecule has 2 aromatic carbocycles. The molecule has 1 unspecified atom stereocenters. The van der Waals surface area contributed by atoms with E-state index in [1.54, 1.807) is 0 Å². The Balaban J connectivity index is 1.39. The van der Waals surface area contributed by atoms with Crippen molar-refractivity contribution in [3.8, 4) is 0 Å². The molecule has 1 atom stereocenters. The van der Waals surface area contributed by atoms with E-state index in [2.05, 4.69) is 17.9 Å². The topological polar surface area (TPSA) is 60.9 Å². The van der Waals surface area contributed by atoms with Gasteiger partial charge in [0.15, 0.2) is 0 Å². The average molecular weight is 490 g/mol. The molecule has 0 N–H and O–H groups in total. The van der Waals surface area contributed by atoms with Gasteiger partial charge < -0.3 is 14.7 Å². The van der Waals surface area contributed by atoms with Crippen LogP contribution in [-0.2, 0) is 4.79 Å². The normalized spacial score (nSPS) is 18.7. The molecule has 2 fully saturated rings. The van der Waals surface area contributed by atoms with Crippen LogP contribution in [0.4, 0.5) is 0 Å². The zero-order valence-electron chi connectivity index (χ0n) is 21.9. The van der Waals surface area contributed by atoms with Crippen molar-refractivity contribution < 1.29 is 14.4 Å². The molecule has 2 aliphatic rings. The van der Waals surface area contributed by atoms with Gasteiger partial charge in [0.1, 0.15) is 0 Å². The Labute approximate surface area is 215 Å². The number of carbonyl (C=O) groups excluding carboxylic acids is 3. The molecule has 0 bridgehead atoms. The number of rotatable bonds is 6. The average Bonchev–Trinajstić information content (AvgIpc) is 2.90. The fraction of sp³-hybridized carbons (Fsp3) is 0.500. The van der Waals surface area contributed by atoms with Gasteiger partial charge in [0, 0.05) is 49.9 Å². The molecular formula is C30H39N3O3. The van der Waals surface area contributed by atoms with Gasteiger partial charge >= 0.3 is 0 Å². The number of hydrogen-bond donors (Lipinski definition) is 0. The summed E-state index contributed by atoms with van der Waals surface area (Å²) in [7, 11) is 0. The van der Waals surface area contributed by atoms with E-state index in [-0.39, 0.29) is 29.7 Å². The molecule has 36 heavy (non-hydrogen) atoms. The highest BCUT2D eigenvalue weighted by molar-refractivity contribution is 5.95. The molecule has 4 rings (SSSR count). The lowest BCUT2D eigenvalue weighted by Gasteiger charge is -2.41. The lowest BCUT2D eigenvalue weighted by Crippen LogP contribution is -2.53. The molecule has 2 heterocycles. The Hall–Kier alpha value is -3.15. The van der Waals surface area contributed by atoms with E-state index in [1.165, 1.54) is 0 Å². The minimum absolute atomic E-state index is 0.0223. The second-order valence-corrected chi connectivity index (χ2v) is 10.4. The van der Waals surface area contributed by atoms with Gasteiger partial charge in [-0.3, -0.25) is 14.4 Å². The third-order valence-electron chi connectivity index (χ3n) is 7.49. The zero-order valence-corrected chi connectivity index (χ0v) is 21.9. The van der Waals surface area contributed by atoms with Crippen LogP contribution in [-0.4, -0.2) is 71.2 Å². The zero-order chi connectivity index (χ0) is 25.7. The maximum atomic E-state index is 13.7. The summed E-state index contributed by atoms with van der Waals surface area (Å²) < 4.78 is 0. The van der Waals surface area contributed by atoms with Crippen LogP contribution < -0.4 is 0 Å². The van der Waals surface area contributed by atoms with Crippen LogP contribution in [0.15, 0.2) is 48.5 Å². The van der Waals surface area contributed by atoms with Gasteiger partial charge in [0.25, 0.3) is 11.8 Å². The number of aryl methyl sites for hydroxylation is 2. The molecule has 0 saturated carbocycles. The first kappa shape index (κ1) is 25.9. The molecule has 0 radical (unpaired) electrons. The van der Waals surface area contributed by atoms with Crippen molar-refractivity contribution >= 4 is 17.7 Å². The van der Waals surface area contributed by atoms with Crippen LogP contribution in [0.25, 0.3) is 0 Å². The molecule has 192 valence electrons. The summed E-state index contributed by atoms with van der Waals surface area (Å²) in [5, 5.41) is 0. The van der Waals surface area contributed by atoms with E-state index in [1.807, 2.05) is 66.1 Å². The third-order valence-corrected chi connectivity index (χ3v) is 7.49. The number of nitrogens with zero attached hydrogens (tertiary/aromatic N) is 3. The fourth-order valence-electron chi connectivity index (χ4n) is 5.74. The Morgan fingerprint density at radius 3 is 2.11 bits per heavy atom. The molecule has 2 aromatic rings. The van der Waals surface area contributed by atoms with Crippen molar-refractivity contribution in [3.63, 3.8) is 0 Å². The number of benzene rings is 2. The summed E-state index contributed by atoms with van der Waals surface area (Å²) in [5.41, 5.74) is 3.58. The van der Waals surface area contributed by atoms with Crippen LogP contribution in [0.1, 0.15) is 70.9 Å². The van der Waals surface area contributed by atoms with Gasteiger partial charge in [0.2, 0.25) is 5.91 Å². The fourth-order valence-corrected chi connectivity index (χ4v) is 5.74. The van der Waals surface area contributed by atoms with Crippen LogP contribution in [0.5, 0.6) is 0 Å². The van der Waals surface area contributed by atoms with E-state index in [4.69, 9.17) is 0 Å². The second kappa shape index (κ2) is 11.7. The molecule has 0 aliphatic carbocycles. The van der Waals surface area contributed by atoms with Crippen LogP contribution in [0.3, 0.4) is 0 Å². The van der Waals surface area contributed by atoms with E-state index in [0.29, 0.717) is 37.3 Å². The van der Waals surface area contributed by atoms with Gasteiger partial charge in [-0.15, -0.1) is 0 Å². The Morgan fingerprint density at radius 2 is 1.47 bits per heavy atom. The summed E-state index contributed by atoms with van der Waals surface area (Å²) in [6.45, 7) is 9.34. The predicted octanol–water partition coefficient (Wildman–Crippen LogP) is 4.70. The van der Waals surface area contributed by atoms with Crippen molar-refractivity contribution in [3.05, 3.63) is 70.8 Å². The molecule has 0 spiro atoms. The van der Waals surface area contributed by atoms with Gasteiger partial charge in [-0.1, -0.05) is 42.3 Å². The Kier molecular flexibility index (Phi) is 8.44. The number of carbonyl (C=O) groups is 3. The largest absolute Gasteiger partial charge is 0.339 e. The van der Waals surface area contributed by atoms with Gasteiger partial charge in [-0.2, -0.15) is 0 Å². The number of amides is 3. The quantitative estimate of drug-likeness (QED) is 0.591. The molecule has 2 aliphatic heterocycles. The van der Waals surface area contributed by atoms with Crippen molar-refractivity contribution in [2.24, 2.45) is 5.92 Å². The maximum Gasteiger partial charge on any atom is 0.253 e. The molecule has 2 saturated heterocycles. The highest BCUT2D eigenvalue weighted by Gasteiger charge is 2.35. The molecule has 6 nitrogen and oxygen atoms in total. The van der Waals surface area contributed by atoms with Crippen molar-refractivity contribution in [1.82, 2.24) is 14.7 Å². The monoisotopic (exact) mass is 489 g/mol. The van der Waals surface area contributed by atoms with E-state index < -0.39 is 0 Å². The standard InChI is InChI=1S/C30H39N3O3/c1-4-14-33(27-12-16-31(17-13-27)28(34)24-9-6-5-7-10-24)30(36)25-11-8-15-32(21-25)29(35)26-19-22(2)18-23(3)20-26/h5-7,9-10,18-20,25,27H,4,8,11-17,21H2,1-3H3. The van der Waals surface area contributed by atoms with Crippen molar-refractivity contribution in [1.29, 1.82) is 0 Å². The lowest BCUT2D eigenvalue weighted by atomic mass is 9.93. The van der Waals surface area contributed by atoms with Crippen molar-refractivity contribution in [2.75, 3.05) is 32.7 Å². The van der Waals surface area contributed by atoms with E-state index >= 15 is 0 Å². The summed E-state index contributed by atoms with van der Waals surface area (Å²) in [5.74, 6) is 0.0936. The second-order valence-electron chi connectivity index (χ2n) is 10.4. The van der Waals surface area contributed by atoms with Crippen LogP contribution in [0, 0.1) is 19.8 Å². The minimum Gasteiger partial charge on any atom is -0.339 e. The van der Waals surface area contributed by atoms with Crippen LogP contribution >= 0.6 is 0 Å². The summed E-state index contributed by atoms with van der Waals surface area (Å²) in [6, 6.07) is 15.5. The van der Waals surface area contributed by atoms with E-state index in [9.17, 15) is 14.4 Å². The highest BCUT2D eigenvalue weighted by Crippen LogP contribution is 2.26. The predicted molar refractivity (Wildman–Crippen MR) is 142 cm³/mol. The highest BCUT2D eigenvalue weighted by atomic mass is 16.2. The Morgan fingerprint density at radius 1 is 0.833 bits per heavy atom. The van der Waals surface area contributed by atoms with Gasteiger partial charge in [-0.05, 0) is 70.2 Å². The maximum absolute atomic E-state index is 13.7. The smallest absolute Gasteiger partial charge is 0.253 e. The van der Waals surface area contributed by atoms with E-state index in [0.717, 1.165) is 49.8 Å². The lowest BCUT2D eigenvalue weighted by molar-refractivity contribution is -0.140. The molecule has 3 amide bonds. The first-order valence-electron chi connectivity index (χ1n) is 13.4. The van der Waals surface area contributed by atoms with Gasteiger partial charge in [0.05, 0.1) is 5.92 Å². The van der Waals surface area contributed by atoms with Crippen LogP contribution in [0.2, 0.25) is 0 Å². The number of piperidine rings is 2. The third kappa shape index (κ3) is 5.97. The number of hydrogen-bond acceptors (Lipinski definition) is 3. The summed E-state index contributed by atoms with van der Waals surface area (Å²) in [6.07, 6.45) is 4.15. The number of likely N-dealkylation sites (tertiary alicyclic amines) is 2. The molecule has 6 heteroatoms. The minimum atomic E-state index is -0.163. The van der Waals surface area contributed by atoms with Gasteiger partial charge in [-0.25, -0.2) is 0 Å². The summed E-state index contributed by atoms with van der Waals surface area (Å²) in [4.78, 5) is 45.7. The molecule has 0 aromatic heterocycles. The first-order valence-corrected chi connectivity index (χ1v) is 13.4.